The van der Waals surface area contributed by atoms with Crippen LogP contribution in [0.15, 0.2) is 48.5 Å². The number of hydrogen-bond donors (Lipinski definition) is 1. The van der Waals surface area contributed by atoms with Crippen LogP contribution in [0.2, 0.25) is 0 Å². The van der Waals surface area contributed by atoms with E-state index in [1.807, 2.05) is 18.2 Å². The number of rotatable bonds is 6. The summed E-state index contributed by atoms with van der Waals surface area (Å²) in [5, 5.41) is 8.69. The number of carboxylic acid groups (broad SMARTS) is 1. The van der Waals surface area contributed by atoms with Crippen molar-refractivity contribution in [2.75, 3.05) is 26.3 Å². The van der Waals surface area contributed by atoms with E-state index >= 15 is 0 Å². The Kier molecular flexibility index (Phi) is 5.63. The molecule has 0 unspecified atom stereocenters. The molecule has 1 heterocycles. The molecule has 0 amide bonds. The van der Waals surface area contributed by atoms with Crippen molar-refractivity contribution in [2.24, 2.45) is 0 Å². The fourth-order valence-corrected chi connectivity index (χ4v) is 2.86. The lowest BCUT2D eigenvalue weighted by molar-refractivity contribution is -0.139. The Bertz CT molecular complexity index is 720. The SMILES string of the molecule is O=C(O)COc1cccc(CN2CCO[C@@H](c3ccc(F)cc3)C2)c1. The van der Waals surface area contributed by atoms with E-state index in [-0.39, 0.29) is 18.5 Å². The van der Waals surface area contributed by atoms with E-state index in [2.05, 4.69) is 4.90 Å². The number of carboxylic acids is 1. The van der Waals surface area contributed by atoms with Crippen LogP contribution < -0.4 is 4.74 Å². The summed E-state index contributed by atoms with van der Waals surface area (Å²) in [5.74, 6) is -0.710. The lowest BCUT2D eigenvalue weighted by Crippen LogP contribution is -2.37. The van der Waals surface area contributed by atoms with Crippen molar-refractivity contribution in [2.45, 2.75) is 12.6 Å². The molecule has 0 radical (unpaired) electrons. The second-order valence-corrected chi connectivity index (χ2v) is 5.98. The second-order valence-electron chi connectivity index (χ2n) is 5.98. The molecule has 2 aromatic carbocycles. The van der Waals surface area contributed by atoms with Crippen LogP contribution >= 0.6 is 0 Å². The summed E-state index contributed by atoms with van der Waals surface area (Å²) in [6, 6.07) is 13.8. The molecule has 0 bridgehead atoms. The highest BCUT2D eigenvalue weighted by Crippen LogP contribution is 2.24. The first-order chi connectivity index (χ1) is 12.1. The van der Waals surface area contributed by atoms with Gasteiger partial charge in [-0.05, 0) is 35.4 Å². The maximum Gasteiger partial charge on any atom is 0.341 e. The molecule has 1 fully saturated rings. The largest absolute Gasteiger partial charge is 0.482 e. The Morgan fingerprint density at radius 3 is 2.84 bits per heavy atom. The quantitative estimate of drug-likeness (QED) is 0.872. The Labute approximate surface area is 145 Å². The molecule has 0 saturated carbocycles. The van der Waals surface area contributed by atoms with Gasteiger partial charge in [0.2, 0.25) is 0 Å². The summed E-state index contributed by atoms with van der Waals surface area (Å²) in [7, 11) is 0. The molecule has 25 heavy (non-hydrogen) atoms. The molecule has 6 heteroatoms. The number of hydrogen-bond acceptors (Lipinski definition) is 4. The van der Waals surface area contributed by atoms with E-state index in [0.29, 0.717) is 25.4 Å². The van der Waals surface area contributed by atoms with Crippen LogP contribution in [0.25, 0.3) is 0 Å². The number of morpholine rings is 1. The van der Waals surface area contributed by atoms with E-state index in [0.717, 1.165) is 17.7 Å². The third kappa shape index (κ3) is 5.01. The fourth-order valence-electron chi connectivity index (χ4n) is 2.86. The van der Waals surface area contributed by atoms with Crippen LogP contribution in [-0.4, -0.2) is 42.3 Å². The molecule has 132 valence electrons. The topological polar surface area (TPSA) is 59.0 Å². The van der Waals surface area contributed by atoms with Crippen molar-refractivity contribution in [1.82, 2.24) is 4.90 Å². The molecule has 0 spiro atoms. The minimum atomic E-state index is -0.999. The standard InChI is InChI=1S/C19H20FNO4/c20-16-6-4-15(5-7-16)18-12-21(8-9-24-18)11-14-2-1-3-17(10-14)25-13-19(22)23/h1-7,10,18H,8-9,11-13H2,(H,22,23)/t18-/m1/s1. The van der Waals surface area contributed by atoms with Gasteiger partial charge in [-0.25, -0.2) is 9.18 Å². The maximum atomic E-state index is 13.1. The van der Waals surface area contributed by atoms with Crippen molar-refractivity contribution in [3.8, 4) is 5.75 Å². The number of benzene rings is 2. The van der Waals surface area contributed by atoms with Crippen LogP contribution in [-0.2, 0) is 16.1 Å². The van der Waals surface area contributed by atoms with Gasteiger partial charge in [0.1, 0.15) is 11.6 Å². The van der Waals surface area contributed by atoms with Crippen molar-refractivity contribution < 1.29 is 23.8 Å². The van der Waals surface area contributed by atoms with Gasteiger partial charge in [0, 0.05) is 19.6 Å². The summed E-state index contributed by atoms with van der Waals surface area (Å²) >= 11 is 0. The zero-order chi connectivity index (χ0) is 17.6. The smallest absolute Gasteiger partial charge is 0.341 e. The second kappa shape index (κ2) is 8.09. The van der Waals surface area contributed by atoms with E-state index in [1.54, 1.807) is 18.2 Å². The minimum Gasteiger partial charge on any atom is -0.482 e. The van der Waals surface area contributed by atoms with Crippen LogP contribution in [0.4, 0.5) is 4.39 Å². The van der Waals surface area contributed by atoms with E-state index in [1.165, 1.54) is 12.1 Å². The molecule has 0 aliphatic carbocycles. The highest BCUT2D eigenvalue weighted by Gasteiger charge is 2.22. The minimum absolute atomic E-state index is 0.0826. The van der Waals surface area contributed by atoms with Gasteiger partial charge in [0.25, 0.3) is 0 Å². The predicted octanol–water partition coefficient (Wildman–Crippen LogP) is 2.86. The molecular formula is C19H20FNO4. The van der Waals surface area contributed by atoms with Crippen molar-refractivity contribution >= 4 is 5.97 Å². The molecule has 1 N–H and O–H groups in total. The lowest BCUT2D eigenvalue weighted by atomic mass is 10.1. The highest BCUT2D eigenvalue weighted by molar-refractivity contribution is 5.68. The van der Waals surface area contributed by atoms with E-state index < -0.39 is 5.97 Å². The summed E-state index contributed by atoms with van der Waals surface area (Å²) < 4.78 is 24.1. The fraction of sp³-hybridized carbons (Fsp3) is 0.316. The number of nitrogens with zero attached hydrogens (tertiary/aromatic N) is 1. The summed E-state index contributed by atoms with van der Waals surface area (Å²) in [6.07, 6.45) is -0.0826. The number of halogens is 1. The first-order valence-corrected chi connectivity index (χ1v) is 8.13. The molecule has 3 rings (SSSR count). The normalized spacial score (nSPS) is 18.0. The molecule has 0 aromatic heterocycles. The summed E-state index contributed by atoms with van der Waals surface area (Å²) in [5.41, 5.74) is 2.01. The average Bonchev–Trinajstić information content (AvgIpc) is 2.61. The number of carbonyl (C=O) groups is 1. The van der Waals surface area contributed by atoms with Crippen molar-refractivity contribution in [3.63, 3.8) is 0 Å². The van der Waals surface area contributed by atoms with Gasteiger partial charge < -0.3 is 14.6 Å². The van der Waals surface area contributed by atoms with Gasteiger partial charge in [-0.2, -0.15) is 0 Å². The molecule has 1 atom stereocenters. The summed E-state index contributed by atoms with van der Waals surface area (Å²) in [6.45, 7) is 2.49. The zero-order valence-electron chi connectivity index (χ0n) is 13.7. The van der Waals surface area contributed by atoms with Crippen LogP contribution in [0.1, 0.15) is 17.2 Å². The molecule has 5 nitrogen and oxygen atoms in total. The third-order valence-electron chi connectivity index (χ3n) is 4.06. The van der Waals surface area contributed by atoms with E-state index in [4.69, 9.17) is 14.6 Å². The van der Waals surface area contributed by atoms with Gasteiger partial charge in [0.15, 0.2) is 6.61 Å². The van der Waals surface area contributed by atoms with Crippen LogP contribution in [0, 0.1) is 5.82 Å². The van der Waals surface area contributed by atoms with Gasteiger partial charge >= 0.3 is 5.97 Å². The van der Waals surface area contributed by atoms with E-state index in [9.17, 15) is 9.18 Å². The van der Waals surface area contributed by atoms with Crippen molar-refractivity contribution in [1.29, 1.82) is 0 Å². The van der Waals surface area contributed by atoms with Crippen molar-refractivity contribution in [3.05, 3.63) is 65.5 Å². The van der Waals surface area contributed by atoms with Gasteiger partial charge in [-0.1, -0.05) is 24.3 Å². The average molecular weight is 345 g/mol. The van der Waals surface area contributed by atoms with Gasteiger partial charge in [-0.15, -0.1) is 0 Å². The zero-order valence-corrected chi connectivity index (χ0v) is 13.7. The van der Waals surface area contributed by atoms with Crippen LogP contribution in [0.5, 0.6) is 5.75 Å². The van der Waals surface area contributed by atoms with Gasteiger partial charge in [0.05, 0.1) is 12.7 Å². The number of aliphatic carboxylic acids is 1. The Hall–Kier alpha value is -2.44. The molecule has 1 aliphatic heterocycles. The molecule has 2 aromatic rings. The Balaban J connectivity index is 1.61. The Morgan fingerprint density at radius 1 is 1.28 bits per heavy atom. The maximum absolute atomic E-state index is 13.1. The third-order valence-corrected chi connectivity index (χ3v) is 4.06. The van der Waals surface area contributed by atoms with Crippen LogP contribution in [0.3, 0.4) is 0 Å². The first-order valence-electron chi connectivity index (χ1n) is 8.13. The summed E-state index contributed by atoms with van der Waals surface area (Å²) in [4.78, 5) is 12.9. The monoisotopic (exact) mass is 345 g/mol. The lowest BCUT2D eigenvalue weighted by Gasteiger charge is -2.33. The molecular weight excluding hydrogens is 325 g/mol. The Morgan fingerprint density at radius 2 is 2.08 bits per heavy atom. The number of ether oxygens (including phenoxy) is 2. The van der Waals surface area contributed by atoms with Gasteiger partial charge in [-0.3, -0.25) is 4.90 Å². The highest BCUT2D eigenvalue weighted by atomic mass is 19.1. The molecule has 1 aliphatic rings. The first kappa shape index (κ1) is 17.4. The predicted molar refractivity (Wildman–Crippen MR) is 89.9 cm³/mol. The molecule has 1 saturated heterocycles.